The molecule has 26 heavy (non-hydrogen) atoms. The van der Waals surface area contributed by atoms with Crippen molar-refractivity contribution in [3.05, 3.63) is 70.0 Å². The highest BCUT2D eigenvalue weighted by atomic mass is 32.2. The van der Waals surface area contributed by atoms with Crippen LogP contribution in [0.2, 0.25) is 0 Å². The fourth-order valence-electron chi connectivity index (χ4n) is 2.73. The molecular formula is C20H20N2O3S. The zero-order valence-electron chi connectivity index (χ0n) is 14.8. The van der Waals surface area contributed by atoms with E-state index >= 15 is 0 Å². The maximum absolute atomic E-state index is 12.8. The van der Waals surface area contributed by atoms with Crippen LogP contribution in [0.15, 0.2) is 58.5 Å². The Balaban J connectivity index is 1.92. The first-order valence-electron chi connectivity index (χ1n) is 8.43. The third-order valence-corrected chi connectivity index (χ3v) is 5.04. The van der Waals surface area contributed by atoms with Gasteiger partial charge in [0.05, 0.1) is 23.6 Å². The van der Waals surface area contributed by atoms with Gasteiger partial charge in [-0.2, -0.15) is 0 Å². The second-order valence-electron chi connectivity index (χ2n) is 5.85. The van der Waals surface area contributed by atoms with Gasteiger partial charge in [0.2, 0.25) is 0 Å². The number of aromatic nitrogens is 2. The number of thioether (sulfide) groups is 1. The minimum absolute atomic E-state index is 0.0109. The molecule has 0 aliphatic rings. The second-order valence-corrected chi connectivity index (χ2v) is 6.79. The van der Waals surface area contributed by atoms with Crippen molar-refractivity contribution in [2.45, 2.75) is 30.8 Å². The van der Waals surface area contributed by atoms with Gasteiger partial charge >= 0.3 is 5.97 Å². The van der Waals surface area contributed by atoms with Crippen LogP contribution >= 0.6 is 11.8 Å². The minimum Gasteiger partial charge on any atom is -0.465 e. The molecule has 0 fully saturated rings. The Labute approximate surface area is 156 Å². The number of hydrogen-bond donors (Lipinski definition) is 0. The van der Waals surface area contributed by atoms with Crippen LogP contribution in [0.1, 0.15) is 29.3 Å². The van der Waals surface area contributed by atoms with E-state index in [0.717, 1.165) is 12.0 Å². The van der Waals surface area contributed by atoms with Crippen LogP contribution in [0.25, 0.3) is 10.9 Å². The van der Waals surface area contributed by atoms with E-state index in [1.807, 2.05) is 49.4 Å². The Kier molecular flexibility index (Phi) is 5.73. The Hall–Kier alpha value is -2.60. The Morgan fingerprint density at radius 2 is 2.00 bits per heavy atom. The lowest BCUT2D eigenvalue weighted by Gasteiger charge is -2.12. The first-order valence-corrected chi connectivity index (χ1v) is 9.42. The van der Waals surface area contributed by atoms with Crippen molar-refractivity contribution in [1.82, 2.24) is 9.55 Å². The van der Waals surface area contributed by atoms with Gasteiger partial charge in [-0.3, -0.25) is 9.36 Å². The van der Waals surface area contributed by atoms with Gasteiger partial charge in [0.1, 0.15) is 0 Å². The lowest BCUT2D eigenvalue weighted by atomic mass is 10.1. The summed E-state index contributed by atoms with van der Waals surface area (Å²) in [6.45, 7) is 2.66. The van der Waals surface area contributed by atoms with Crippen molar-refractivity contribution >= 4 is 28.6 Å². The Bertz CT molecular complexity index is 998. The normalized spacial score (nSPS) is 10.8. The smallest absolute Gasteiger partial charge is 0.337 e. The van der Waals surface area contributed by atoms with Crippen molar-refractivity contribution in [2.24, 2.45) is 0 Å². The molecule has 0 amide bonds. The summed E-state index contributed by atoms with van der Waals surface area (Å²) in [5.41, 5.74) is 2.19. The summed E-state index contributed by atoms with van der Waals surface area (Å²) < 4.78 is 6.50. The molecule has 3 rings (SSSR count). The molecule has 0 radical (unpaired) electrons. The largest absolute Gasteiger partial charge is 0.465 e. The predicted octanol–water partition coefficient (Wildman–Crippen LogP) is 3.89. The van der Waals surface area contributed by atoms with Crippen molar-refractivity contribution in [3.63, 3.8) is 0 Å². The summed E-state index contributed by atoms with van der Waals surface area (Å²) in [5.74, 6) is 0.253. The number of carbonyl (C=O) groups excluding carboxylic acids is 1. The third-order valence-electron chi connectivity index (χ3n) is 3.99. The maximum Gasteiger partial charge on any atom is 0.337 e. The van der Waals surface area contributed by atoms with E-state index in [9.17, 15) is 9.59 Å². The van der Waals surface area contributed by atoms with E-state index in [1.54, 1.807) is 10.6 Å². The summed E-state index contributed by atoms with van der Waals surface area (Å²) in [4.78, 5) is 29.1. The molecule has 1 aromatic heterocycles. The van der Waals surface area contributed by atoms with E-state index in [1.165, 1.54) is 18.9 Å². The van der Waals surface area contributed by atoms with Gasteiger partial charge < -0.3 is 4.74 Å². The third kappa shape index (κ3) is 3.80. The van der Waals surface area contributed by atoms with Crippen molar-refractivity contribution in [1.29, 1.82) is 0 Å². The average Bonchev–Trinajstić information content (AvgIpc) is 2.68. The van der Waals surface area contributed by atoms with E-state index in [0.29, 0.717) is 33.9 Å². The first kappa shape index (κ1) is 18.2. The summed E-state index contributed by atoms with van der Waals surface area (Å²) in [5, 5.41) is 1.33. The number of methoxy groups -OCH3 is 1. The highest BCUT2D eigenvalue weighted by molar-refractivity contribution is 7.98. The quantitative estimate of drug-likeness (QED) is 0.375. The number of hydrogen-bond acceptors (Lipinski definition) is 5. The first-order chi connectivity index (χ1) is 12.6. The SMILES string of the molecule is CCCn1c(SCc2cccc(C(=O)OC)c2)nc2ccccc2c1=O. The van der Waals surface area contributed by atoms with Crippen LogP contribution in [0.3, 0.4) is 0 Å². The fraction of sp³-hybridized carbons (Fsp3) is 0.250. The molecule has 0 spiro atoms. The lowest BCUT2D eigenvalue weighted by Crippen LogP contribution is -2.23. The standard InChI is InChI=1S/C20H20N2O3S/c1-3-11-22-18(23)16-9-4-5-10-17(16)21-20(22)26-13-14-7-6-8-15(12-14)19(24)25-2/h4-10,12H,3,11,13H2,1-2H3. The Morgan fingerprint density at radius 1 is 1.19 bits per heavy atom. The van der Waals surface area contributed by atoms with Crippen molar-refractivity contribution < 1.29 is 9.53 Å². The molecule has 5 nitrogen and oxygen atoms in total. The molecule has 1 heterocycles. The number of carbonyl (C=O) groups is 1. The van der Waals surface area contributed by atoms with Crippen molar-refractivity contribution in [2.75, 3.05) is 7.11 Å². The summed E-state index contributed by atoms with van der Waals surface area (Å²) in [6, 6.07) is 14.7. The van der Waals surface area contributed by atoms with E-state index in [-0.39, 0.29) is 11.5 Å². The number of para-hydroxylation sites is 1. The molecule has 2 aromatic carbocycles. The average molecular weight is 368 g/mol. The summed E-state index contributed by atoms with van der Waals surface area (Å²) in [6.07, 6.45) is 0.852. The molecule has 0 saturated carbocycles. The van der Waals surface area contributed by atoms with Crippen LogP contribution < -0.4 is 5.56 Å². The number of rotatable bonds is 6. The van der Waals surface area contributed by atoms with Crippen LogP contribution in [0.5, 0.6) is 0 Å². The van der Waals surface area contributed by atoms with Gasteiger partial charge in [-0.15, -0.1) is 0 Å². The molecule has 0 atom stereocenters. The maximum atomic E-state index is 12.8. The van der Waals surface area contributed by atoms with Gasteiger partial charge in [0.15, 0.2) is 5.16 Å². The topological polar surface area (TPSA) is 61.2 Å². The fourth-order valence-corrected chi connectivity index (χ4v) is 3.70. The molecule has 134 valence electrons. The molecule has 0 N–H and O–H groups in total. The van der Waals surface area contributed by atoms with E-state index < -0.39 is 0 Å². The minimum atomic E-state index is -0.358. The van der Waals surface area contributed by atoms with E-state index in [4.69, 9.17) is 4.74 Å². The van der Waals surface area contributed by atoms with Crippen LogP contribution in [0, 0.1) is 0 Å². The molecule has 0 aliphatic heterocycles. The van der Waals surface area contributed by atoms with Gasteiger partial charge in [-0.1, -0.05) is 43.0 Å². The highest BCUT2D eigenvalue weighted by Gasteiger charge is 2.12. The van der Waals surface area contributed by atoms with Crippen LogP contribution in [-0.2, 0) is 17.0 Å². The zero-order chi connectivity index (χ0) is 18.5. The lowest BCUT2D eigenvalue weighted by molar-refractivity contribution is 0.0600. The monoisotopic (exact) mass is 368 g/mol. The van der Waals surface area contributed by atoms with Gasteiger partial charge in [0.25, 0.3) is 5.56 Å². The summed E-state index contributed by atoms with van der Waals surface area (Å²) in [7, 11) is 1.37. The Morgan fingerprint density at radius 3 is 2.77 bits per heavy atom. The number of fused-ring (bicyclic) bond motifs is 1. The molecular weight excluding hydrogens is 348 g/mol. The zero-order valence-corrected chi connectivity index (χ0v) is 15.6. The van der Waals surface area contributed by atoms with Crippen molar-refractivity contribution in [3.8, 4) is 0 Å². The molecule has 3 aromatic rings. The molecule has 0 unspecified atom stereocenters. The molecule has 6 heteroatoms. The molecule has 0 bridgehead atoms. The number of esters is 1. The number of ether oxygens (including phenoxy) is 1. The molecule has 0 saturated heterocycles. The predicted molar refractivity (Wildman–Crippen MR) is 104 cm³/mol. The van der Waals surface area contributed by atoms with Gasteiger partial charge in [-0.05, 0) is 36.2 Å². The summed E-state index contributed by atoms with van der Waals surface area (Å²) >= 11 is 1.50. The second kappa shape index (κ2) is 8.19. The number of benzene rings is 2. The number of nitrogens with zero attached hydrogens (tertiary/aromatic N) is 2. The van der Waals surface area contributed by atoms with Gasteiger partial charge in [0, 0.05) is 12.3 Å². The van der Waals surface area contributed by atoms with Gasteiger partial charge in [-0.25, -0.2) is 9.78 Å². The van der Waals surface area contributed by atoms with Crippen LogP contribution in [-0.4, -0.2) is 22.6 Å². The van der Waals surface area contributed by atoms with E-state index in [2.05, 4.69) is 4.98 Å². The molecule has 0 aliphatic carbocycles. The van der Waals surface area contributed by atoms with Crippen LogP contribution in [0.4, 0.5) is 0 Å². The highest BCUT2D eigenvalue weighted by Crippen LogP contribution is 2.23.